The van der Waals surface area contributed by atoms with E-state index in [1.165, 1.54) is 6.33 Å². The first kappa shape index (κ1) is 22.2. The Morgan fingerprint density at radius 3 is 2.74 bits per heavy atom. The number of hydrogen-bond acceptors (Lipinski definition) is 9. The summed E-state index contributed by atoms with van der Waals surface area (Å²) in [6.07, 6.45) is 7.79. The minimum absolute atomic E-state index is 0.0230. The number of imidazole rings is 1. The maximum atomic E-state index is 6.52. The van der Waals surface area contributed by atoms with Crippen LogP contribution < -0.4 is 10.5 Å². The van der Waals surface area contributed by atoms with Crippen LogP contribution in [0.1, 0.15) is 31.2 Å². The fraction of sp³-hybridized carbons (Fsp3) is 0.542. The Morgan fingerprint density at radius 2 is 1.97 bits per heavy atom. The summed E-state index contributed by atoms with van der Waals surface area (Å²) < 4.78 is 17.6. The molecule has 34 heavy (non-hydrogen) atoms. The third-order valence-corrected chi connectivity index (χ3v) is 8.61. The summed E-state index contributed by atoms with van der Waals surface area (Å²) in [6, 6.07) is 6.50. The summed E-state index contributed by atoms with van der Waals surface area (Å²) in [6.45, 7) is 7.62. The average Bonchev–Trinajstić information content (AvgIpc) is 3.31. The number of nitrogens with zero attached hydrogens (tertiary/aromatic N) is 5. The van der Waals surface area contributed by atoms with Crippen molar-refractivity contribution in [2.45, 2.75) is 48.6 Å². The van der Waals surface area contributed by atoms with E-state index in [-0.39, 0.29) is 11.1 Å². The summed E-state index contributed by atoms with van der Waals surface area (Å²) in [4.78, 5) is 12.1. The molecule has 2 bridgehead atoms. The topological polar surface area (TPSA) is 103 Å². The molecule has 5 heterocycles. The van der Waals surface area contributed by atoms with Crippen molar-refractivity contribution in [3.8, 4) is 11.3 Å². The van der Waals surface area contributed by atoms with Crippen molar-refractivity contribution in [1.29, 1.82) is 0 Å². The predicted octanol–water partition coefficient (Wildman–Crippen LogP) is 2.69. The first-order valence-electron chi connectivity index (χ1n) is 12.0. The number of nitrogen functional groups attached to an aromatic ring is 1. The van der Waals surface area contributed by atoms with E-state index in [0.29, 0.717) is 11.5 Å². The maximum absolute atomic E-state index is 6.52. The molecule has 1 aliphatic carbocycles. The molecule has 0 unspecified atom stereocenters. The summed E-state index contributed by atoms with van der Waals surface area (Å²) >= 11 is 1.69. The predicted molar refractivity (Wildman–Crippen MR) is 132 cm³/mol. The molecule has 0 atom stereocenters. The number of ether oxygens (including phenoxy) is 2. The number of morpholine rings is 1. The smallest absolute Gasteiger partial charge is 0.197 e. The van der Waals surface area contributed by atoms with Crippen molar-refractivity contribution in [3.63, 3.8) is 0 Å². The van der Waals surface area contributed by atoms with E-state index in [2.05, 4.69) is 49.8 Å². The molecule has 1 saturated carbocycles. The number of aromatic nitrogens is 4. The highest BCUT2D eigenvalue weighted by Crippen LogP contribution is 2.45. The van der Waals surface area contributed by atoms with Gasteiger partial charge in [0.15, 0.2) is 11.5 Å². The quantitative estimate of drug-likeness (QED) is 0.514. The van der Waals surface area contributed by atoms with Crippen LogP contribution in [-0.2, 0) is 9.47 Å². The van der Waals surface area contributed by atoms with Crippen LogP contribution in [0.3, 0.4) is 0 Å². The van der Waals surface area contributed by atoms with Crippen molar-refractivity contribution in [1.82, 2.24) is 29.2 Å². The van der Waals surface area contributed by atoms with Crippen molar-refractivity contribution < 1.29 is 9.47 Å². The highest BCUT2D eigenvalue weighted by atomic mass is 32.2. The number of benzene rings is 1. The molecule has 2 aromatic heterocycles. The molecule has 0 radical (unpaired) electrons. The Labute approximate surface area is 203 Å². The Kier molecular flexibility index (Phi) is 5.73. The van der Waals surface area contributed by atoms with Gasteiger partial charge in [0.2, 0.25) is 0 Å². The molecule has 7 rings (SSSR count). The van der Waals surface area contributed by atoms with Crippen molar-refractivity contribution in [3.05, 3.63) is 36.3 Å². The molecule has 10 heteroatoms. The van der Waals surface area contributed by atoms with Gasteiger partial charge in [-0.2, -0.15) is 5.10 Å². The highest BCUT2D eigenvalue weighted by Gasteiger charge is 2.50. The second-order valence-electron chi connectivity index (χ2n) is 9.85. The molecule has 1 aromatic carbocycles. The summed E-state index contributed by atoms with van der Waals surface area (Å²) in [7, 11) is 0. The first-order chi connectivity index (χ1) is 16.5. The molecule has 0 spiro atoms. The lowest BCUT2D eigenvalue weighted by Crippen LogP contribution is -2.63. The maximum Gasteiger partial charge on any atom is 0.197 e. The van der Waals surface area contributed by atoms with E-state index >= 15 is 0 Å². The average molecular weight is 482 g/mol. The lowest BCUT2D eigenvalue weighted by molar-refractivity contribution is -0.170. The monoisotopic (exact) mass is 481 g/mol. The first-order valence-corrected chi connectivity index (χ1v) is 12.8. The summed E-state index contributed by atoms with van der Waals surface area (Å²) in [5.74, 6) is 0.379. The number of hydrogen-bond donors (Lipinski definition) is 2. The molecular formula is C24H31N7O2S. The molecule has 4 aliphatic rings. The van der Waals surface area contributed by atoms with E-state index in [4.69, 9.17) is 15.2 Å². The van der Waals surface area contributed by atoms with Gasteiger partial charge in [-0.05, 0) is 62.3 Å². The summed E-state index contributed by atoms with van der Waals surface area (Å²) in [5.41, 5.74) is 9.77. The zero-order valence-electron chi connectivity index (χ0n) is 19.5. The van der Waals surface area contributed by atoms with E-state index in [9.17, 15) is 0 Å². The molecule has 3 aliphatic heterocycles. The zero-order chi connectivity index (χ0) is 23.2. The Bertz CT molecular complexity index is 1170. The van der Waals surface area contributed by atoms with Gasteiger partial charge >= 0.3 is 0 Å². The van der Waals surface area contributed by atoms with E-state index in [1.807, 2.05) is 6.20 Å². The van der Waals surface area contributed by atoms with Crippen LogP contribution in [0.4, 0.5) is 5.82 Å². The summed E-state index contributed by atoms with van der Waals surface area (Å²) in [5, 5.41) is 4.36. The second-order valence-corrected chi connectivity index (χ2v) is 10.7. The largest absolute Gasteiger partial charge is 0.381 e. The van der Waals surface area contributed by atoms with Crippen LogP contribution in [0.15, 0.2) is 35.6 Å². The van der Waals surface area contributed by atoms with Crippen molar-refractivity contribution >= 4 is 23.4 Å². The van der Waals surface area contributed by atoms with Gasteiger partial charge in [-0.15, -0.1) is 0 Å². The van der Waals surface area contributed by atoms with Gasteiger partial charge in [-0.3, -0.25) is 9.62 Å². The Hall–Kier alpha value is -2.24. The molecule has 3 saturated heterocycles. The molecule has 3 N–H and O–H groups in total. The molecule has 4 fully saturated rings. The highest BCUT2D eigenvalue weighted by molar-refractivity contribution is 7.97. The molecule has 180 valence electrons. The number of anilines is 1. The van der Waals surface area contributed by atoms with E-state index in [0.717, 1.165) is 86.9 Å². The van der Waals surface area contributed by atoms with Gasteiger partial charge in [0.05, 0.1) is 42.9 Å². The third kappa shape index (κ3) is 4.07. The number of nitrogens with two attached hydrogens (primary N) is 1. The lowest BCUT2D eigenvalue weighted by atomic mass is 9.71. The Balaban J connectivity index is 1.14. The van der Waals surface area contributed by atoms with Gasteiger partial charge < -0.3 is 15.2 Å². The standard InChI is InChI=1S/C24H31N7O2S/c1-17-2-3-18(12-19(17)20-13-26-22-21(25)27-16-28-31(20)22)34-29-23-4-6-24(7-5-23,33-15-23)14-30-8-10-32-11-9-30/h2-3,12-13,16,29H,4-11,14-15H2,1H3,(H2,25,27,28). The number of fused-ring (bicyclic) bond motifs is 4. The van der Waals surface area contributed by atoms with Gasteiger partial charge in [0.25, 0.3) is 0 Å². The molecule has 3 aromatic rings. The van der Waals surface area contributed by atoms with Crippen LogP contribution in [0.25, 0.3) is 16.9 Å². The Morgan fingerprint density at radius 1 is 1.15 bits per heavy atom. The van der Waals surface area contributed by atoms with Crippen LogP contribution >= 0.6 is 11.9 Å². The van der Waals surface area contributed by atoms with Gasteiger partial charge in [0.1, 0.15) is 6.33 Å². The molecule has 9 nitrogen and oxygen atoms in total. The van der Waals surface area contributed by atoms with Gasteiger partial charge in [-0.25, -0.2) is 14.5 Å². The van der Waals surface area contributed by atoms with Crippen LogP contribution in [0.5, 0.6) is 0 Å². The fourth-order valence-electron chi connectivity index (χ4n) is 5.39. The van der Waals surface area contributed by atoms with Crippen molar-refractivity contribution in [2.75, 3.05) is 45.2 Å². The fourth-order valence-corrected chi connectivity index (χ4v) is 6.30. The number of nitrogens with one attached hydrogen (secondary N) is 1. The van der Waals surface area contributed by atoms with Crippen LogP contribution in [0.2, 0.25) is 0 Å². The molecular weight excluding hydrogens is 450 g/mol. The zero-order valence-corrected chi connectivity index (χ0v) is 20.3. The van der Waals surface area contributed by atoms with Gasteiger partial charge in [0, 0.05) is 30.1 Å². The third-order valence-electron chi connectivity index (χ3n) is 7.59. The van der Waals surface area contributed by atoms with Crippen LogP contribution in [0, 0.1) is 6.92 Å². The van der Waals surface area contributed by atoms with Gasteiger partial charge in [-0.1, -0.05) is 6.07 Å². The minimum Gasteiger partial charge on any atom is -0.381 e. The van der Waals surface area contributed by atoms with Crippen molar-refractivity contribution in [2.24, 2.45) is 0 Å². The van der Waals surface area contributed by atoms with Crippen LogP contribution in [-0.4, -0.2) is 75.1 Å². The normalized spacial score (nSPS) is 27.4. The van der Waals surface area contributed by atoms with E-state index in [1.54, 1.807) is 16.5 Å². The lowest BCUT2D eigenvalue weighted by Gasteiger charge is -2.54. The SMILES string of the molecule is Cc1ccc(SNC23CCC(CN4CCOCC4)(CC2)OC3)cc1-c1cnc2c(N)ncnn12. The van der Waals surface area contributed by atoms with E-state index < -0.39 is 0 Å². The molecule has 0 amide bonds. The number of aryl methyl sites for hydroxylation is 1. The minimum atomic E-state index is 0.0230. The number of rotatable bonds is 6. The second kappa shape index (κ2) is 8.76.